The van der Waals surface area contributed by atoms with Gasteiger partial charge < -0.3 is 10.4 Å². The summed E-state index contributed by atoms with van der Waals surface area (Å²) < 4.78 is 1.50. The first-order valence-electron chi connectivity index (χ1n) is 4.17. The number of amides is 1. The van der Waals surface area contributed by atoms with Gasteiger partial charge in [-0.05, 0) is 13.0 Å². The maximum atomic E-state index is 11.4. The molecule has 0 spiro atoms. The summed E-state index contributed by atoms with van der Waals surface area (Å²) in [6.45, 7) is 2.04. The van der Waals surface area contributed by atoms with Crippen molar-refractivity contribution in [2.75, 3.05) is 6.54 Å². The van der Waals surface area contributed by atoms with Crippen LogP contribution in [-0.2, 0) is 11.3 Å². The minimum Gasteiger partial charge on any atom is -0.480 e. The lowest BCUT2D eigenvalue weighted by Crippen LogP contribution is -2.30. The summed E-state index contributed by atoms with van der Waals surface area (Å²) in [7, 11) is 0. The van der Waals surface area contributed by atoms with Crippen molar-refractivity contribution in [1.82, 2.24) is 15.1 Å². The normalized spacial score (nSPS) is 9.79. The van der Waals surface area contributed by atoms with Crippen LogP contribution in [0.3, 0.4) is 0 Å². The monoisotopic (exact) mass is 197 g/mol. The van der Waals surface area contributed by atoms with Crippen LogP contribution in [0.4, 0.5) is 0 Å². The summed E-state index contributed by atoms with van der Waals surface area (Å²) in [5.74, 6) is -1.49. The maximum Gasteiger partial charge on any atom is 0.322 e. The second kappa shape index (κ2) is 4.40. The Labute approximate surface area is 80.5 Å². The van der Waals surface area contributed by atoms with Crippen LogP contribution < -0.4 is 5.32 Å². The number of carbonyl (C=O) groups is 2. The number of hydrogen-bond donors (Lipinski definition) is 2. The van der Waals surface area contributed by atoms with Gasteiger partial charge in [0.05, 0.1) is 0 Å². The molecule has 0 aliphatic carbocycles. The van der Waals surface area contributed by atoms with E-state index in [0.717, 1.165) is 0 Å². The lowest BCUT2D eigenvalue weighted by atomic mass is 10.4. The fraction of sp³-hybridized carbons (Fsp3) is 0.375. The van der Waals surface area contributed by atoms with Crippen molar-refractivity contribution in [3.8, 4) is 0 Å². The molecule has 1 aromatic heterocycles. The van der Waals surface area contributed by atoms with Crippen LogP contribution in [0.1, 0.15) is 17.4 Å². The van der Waals surface area contributed by atoms with E-state index in [9.17, 15) is 9.59 Å². The maximum absolute atomic E-state index is 11.4. The van der Waals surface area contributed by atoms with Gasteiger partial charge in [-0.15, -0.1) is 0 Å². The molecule has 0 radical (unpaired) electrons. The van der Waals surface area contributed by atoms with Crippen LogP contribution in [-0.4, -0.2) is 33.3 Å². The Kier molecular flexibility index (Phi) is 3.22. The second-order valence-corrected chi connectivity index (χ2v) is 2.61. The van der Waals surface area contributed by atoms with E-state index in [2.05, 4.69) is 10.4 Å². The van der Waals surface area contributed by atoms with Gasteiger partial charge >= 0.3 is 5.97 Å². The number of hydrogen-bond acceptors (Lipinski definition) is 3. The third kappa shape index (κ3) is 2.32. The van der Waals surface area contributed by atoms with Crippen LogP contribution >= 0.6 is 0 Å². The highest BCUT2D eigenvalue weighted by Gasteiger charge is 2.11. The molecular formula is C8H11N3O3. The van der Waals surface area contributed by atoms with Crippen molar-refractivity contribution < 1.29 is 14.7 Å². The number of aryl methyl sites for hydroxylation is 1. The molecule has 14 heavy (non-hydrogen) atoms. The Bertz CT molecular complexity index is 345. The molecule has 0 bridgehead atoms. The van der Waals surface area contributed by atoms with Gasteiger partial charge in [0.25, 0.3) is 5.91 Å². The molecular weight excluding hydrogens is 186 g/mol. The first-order valence-corrected chi connectivity index (χ1v) is 4.17. The van der Waals surface area contributed by atoms with Gasteiger partial charge in [0.1, 0.15) is 12.2 Å². The number of rotatable bonds is 4. The SMILES string of the molecule is CCn1nccc1C(=O)NCC(=O)O. The lowest BCUT2D eigenvalue weighted by Gasteiger charge is -2.03. The molecule has 0 saturated carbocycles. The van der Waals surface area contributed by atoms with Crippen molar-refractivity contribution >= 4 is 11.9 Å². The Morgan fingerprint density at radius 1 is 1.64 bits per heavy atom. The number of nitrogens with zero attached hydrogens (tertiary/aromatic N) is 2. The largest absolute Gasteiger partial charge is 0.480 e. The van der Waals surface area contributed by atoms with E-state index < -0.39 is 11.9 Å². The van der Waals surface area contributed by atoms with Gasteiger partial charge in [-0.1, -0.05) is 0 Å². The topological polar surface area (TPSA) is 84.2 Å². The van der Waals surface area contributed by atoms with Gasteiger partial charge in [-0.25, -0.2) is 0 Å². The molecule has 1 aromatic rings. The van der Waals surface area contributed by atoms with Crippen LogP contribution in [0.15, 0.2) is 12.3 Å². The Balaban J connectivity index is 2.64. The van der Waals surface area contributed by atoms with Crippen LogP contribution in [0.5, 0.6) is 0 Å². The van der Waals surface area contributed by atoms with Crippen LogP contribution in [0, 0.1) is 0 Å². The summed E-state index contributed by atoms with van der Waals surface area (Å²) >= 11 is 0. The molecule has 0 atom stereocenters. The summed E-state index contributed by atoms with van der Waals surface area (Å²) in [6, 6.07) is 1.54. The van der Waals surface area contributed by atoms with Gasteiger partial charge in [0, 0.05) is 12.7 Å². The zero-order valence-corrected chi connectivity index (χ0v) is 7.73. The fourth-order valence-corrected chi connectivity index (χ4v) is 1.02. The average molecular weight is 197 g/mol. The van der Waals surface area contributed by atoms with Gasteiger partial charge in [0.15, 0.2) is 0 Å². The van der Waals surface area contributed by atoms with Crippen LogP contribution in [0.25, 0.3) is 0 Å². The van der Waals surface area contributed by atoms with E-state index in [1.807, 2.05) is 6.92 Å². The zero-order valence-electron chi connectivity index (χ0n) is 7.73. The lowest BCUT2D eigenvalue weighted by molar-refractivity contribution is -0.135. The Morgan fingerprint density at radius 3 is 2.93 bits per heavy atom. The van der Waals surface area contributed by atoms with E-state index in [1.165, 1.54) is 10.9 Å². The van der Waals surface area contributed by atoms with Gasteiger partial charge in [-0.3, -0.25) is 14.3 Å². The van der Waals surface area contributed by atoms with Crippen LogP contribution in [0.2, 0.25) is 0 Å². The first-order chi connectivity index (χ1) is 6.65. The average Bonchev–Trinajstić information content (AvgIpc) is 2.61. The number of nitrogens with one attached hydrogen (secondary N) is 1. The van der Waals surface area contributed by atoms with Gasteiger partial charge in [-0.2, -0.15) is 5.10 Å². The molecule has 1 rings (SSSR count). The number of carbonyl (C=O) groups excluding carboxylic acids is 1. The highest BCUT2D eigenvalue weighted by molar-refractivity contribution is 5.94. The van der Waals surface area contributed by atoms with Crippen molar-refractivity contribution in [1.29, 1.82) is 0 Å². The molecule has 6 nitrogen and oxygen atoms in total. The van der Waals surface area contributed by atoms with E-state index >= 15 is 0 Å². The number of carboxylic acid groups (broad SMARTS) is 1. The smallest absolute Gasteiger partial charge is 0.322 e. The second-order valence-electron chi connectivity index (χ2n) is 2.61. The van der Waals surface area contributed by atoms with Gasteiger partial charge in [0.2, 0.25) is 0 Å². The van der Waals surface area contributed by atoms with E-state index in [0.29, 0.717) is 12.2 Å². The first kappa shape index (κ1) is 10.2. The minimum atomic E-state index is -1.07. The molecule has 0 aliphatic rings. The number of carboxylic acids is 1. The van der Waals surface area contributed by atoms with Crippen molar-refractivity contribution in [3.63, 3.8) is 0 Å². The highest BCUT2D eigenvalue weighted by atomic mass is 16.4. The quantitative estimate of drug-likeness (QED) is 0.695. The predicted octanol–water partition coefficient (Wildman–Crippen LogP) is -0.283. The minimum absolute atomic E-state index is 0.369. The Morgan fingerprint density at radius 2 is 2.36 bits per heavy atom. The summed E-state index contributed by atoms with van der Waals surface area (Å²) in [5, 5.41) is 14.5. The molecule has 0 aromatic carbocycles. The summed E-state index contributed by atoms with van der Waals surface area (Å²) in [5.41, 5.74) is 0.369. The van der Waals surface area contributed by atoms with Crippen molar-refractivity contribution in [3.05, 3.63) is 18.0 Å². The fourth-order valence-electron chi connectivity index (χ4n) is 1.02. The Hall–Kier alpha value is -1.85. The predicted molar refractivity (Wildman–Crippen MR) is 47.9 cm³/mol. The molecule has 0 unspecified atom stereocenters. The molecule has 0 aliphatic heterocycles. The highest BCUT2D eigenvalue weighted by Crippen LogP contribution is 1.97. The van der Waals surface area contributed by atoms with E-state index in [-0.39, 0.29) is 6.54 Å². The number of aliphatic carboxylic acids is 1. The molecule has 2 N–H and O–H groups in total. The molecule has 76 valence electrons. The summed E-state index contributed by atoms with van der Waals surface area (Å²) in [6.07, 6.45) is 1.50. The molecule has 1 heterocycles. The standard InChI is InChI=1S/C8H11N3O3/c1-2-11-6(3-4-10-11)8(14)9-5-7(12)13/h3-4H,2,5H2,1H3,(H,9,14)(H,12,13). The molecule has 0 fully saturated rings. The summed E-state index contributed by atoms with van der Waals surface area (Å²) in [4.78, 5) is 21.5. The van der Waals surface area contributed by atoms with Crippen molar-refractivity contribution in [2.24, 2.45) is 0 Å². The molecule has 6 heteroatoms. The van der Waals surface area contributed by atoms with E-state index in [4.69, 9.17) is 5.11 Å². The third-order valence-electron chi connectivity index (χ3n) is 1.65. The van der Waals surface area contributed by atoms with Crippen molar-refractivity contribution in [2.45, 2.75) is 13.5 Å². The third-order valence-corrected chi connectivity index (χ3v) is 1.65. The molecule has 0 saturated heterocycles. The van der Waals surface area contributed by atoms with E-state index in [1.54, 1.807) is 6.07 Å². The molecule has 1 amide bonds. The number of aromatic nitrogens is 2. The zero-order chi connectivity index (χ0) is 10.6.